The highest BCUT2D eigenvalue weighted by atomic mass is 32.1. The number of hydrogen-bond donors (Lipinski definition) is 0. The minimum atomic E-state index is -0.150. The molecule has 61 heavy (non-hydrogen) atoms. The van der Waals surface area contributed by atoms with Crippen LogP contribution in [0.5, 0.6) is 0 Å². The molecule has 0 atom stereocenters. The maximum atomic E-state index is 2.59. The highest BCUT2D eigenvalue weighted by Crippen LogP contribution is 2.55. The van der Waals surface area contributed by atoms with Gasteiger partial charge in [-0.25, -0.2) is 0 Å². The summed E-state index contributed by atoms with van der Waals surface area (Å²) >= 11 is 1.88. The van der Waals surface area contributed by atoms with Gasteiger partial charge in [-0.15, -0.1) is 11.3 Å². The Kier molecular flexibility index (Phi) is 8.61. The van der Waals surface area contributed by atoms with Gasteiger partial charge in [-0.2, -0.15) is 0 Å². The number of rotatable bonds is 6. The second kappa shape index (κ2) is 13.9. The first kappa shape index (κ1) is 37.8. The number of benzene rings is 8. The first-order chi connectivity index (χ1) is 29.4. The molecule has 1 heterocycles. The van der Waals surface area contributed by atoms with E-state index in [1.165, 1.54) is 105 Å². The summed E-state index contributed by atoms with van der Waals surface area (Å²) in [5.74, 6) is 0. The number of fused-ring (bicyclic) bond motifs is 7. The molecular weight excluding hydrogens is 755 g/mol. The van der Waals surface area contributed by atoms with E-state index < -0.39 is 0 Å². The smallest absolute Gasteiger partial charge is 0.0467 e. The van der Waals surface area contributed by atoms with E-state index in [2.05, 4.69) is 222 Å². The molecule has 0 bridgehead atoms. The molecule has 1 nitrogen and oxygen atoms in total. The summed E-state index contributed by atoms with van der Waals surface area (Å²) in [5.41, 5.74) is 19.6. The van der Waals surface area contributed by atoms with Crippen LogP contribution in [-0.2, 0) is 16.2 Å². The van der Waals surface area contributed by atoms with Crippen molar-refractivity contribution in [1.82, 2.24) is 0 Å². The van der Waals surface area contributed by atoms with Crippen LogP contribution in [0.3, 0.4) is 0 Å². The van der Waals surface area contributed by atoms with Crippen LogP contribution in [0.2, 0.25) is 0 Å². The molecule has 0 unspecified atom stereocenters. The van der Waals surface area contributed by atoms with Crippen molar-refractivity contribution in [3.63, 3.8) is 0 Å². The van der Waals surface area contributed by atoms with Crippen LogP contribution in [0.4, 0.5) is 17.1 Å². The lowest BCUT2D eigenvalue weighted by molar-refractivity contribution is 0.331. The maximum Gasteiger partial charge on any atom is 0.0467 e. The molecule has 0 spiro atoms. The van der Waals surface area contributed by atoms with Crippen LogP contribution in [-0.4, -0.2) is 0 Å². The van der Waals surface area contributed by atoms with Crippen LogP contribution in [0.25, 0.3) is 64.7 Å². The SMILES string of the molecule is CC1(C)CCC(C)(C)c2cc3c(cc21)-c1ccc(N(c2cccc(-c4ccc(-c5ccccc5)cc4)c2)c2cccc(-c4ccc5c(c4)sc4ccccc45)c2)cc1C3(C)C. The molecule has 0 saturated carbocycles. The summed E-state index contributed by atoms with van der Waals surface area (Å²) in [7, 11) is 0. The quantitative estimate of drug-likeness (QED) is 0.162. The van der Waals surface area contributed by atoms with Gasteiger partial charge in [0.2, 0.25) is 0 Å². The van der Waals surface area contributed by atoms with Crippen LogP contribution >= 0.6 is 11.3 Å². The monoisotopic (exact) mass is 805 g/mol. The van der Waals surface area contributed by atoms with E-state index in [1.54, 1.807) is 0 Å². The van der Waals surface area contributed by atoms with Crippen molar-refractivity contribution < 1.29 is 0 Å². The summed E-state index contributed by atoms with van der Waals surface area (Å²) in [6, 6.07) is 66.0. The Labute approximate surface area is 365 Å². The molecule has 0 saturated heterocycles. The van der Waals surface area contributed by atoms with Gasteiger partial charge in [-0.05, 0) is 145 Å². The van der Waals surface area contributed by atoms with E-state index in [1.807, 2.05) is 11.3 Å². The van der Waals surface area contributed by atoms with Gasteiger partial charge in [0.25, 0.3) is 0 Å². The third-order valence-electron chi connectivity index (χ3n) is 14.1. The lowest BCUT2D eigenvalue weighted by atomic mass is 9.62. The molecule has 0 amide bonds. The van der Waals surface area contributed by atoms with E-state index in [9.17, 15) is 0 Å². The van der Waals surface area contributed by atoms with E-state index in [0.717, 1.165) is 11.4 Å². The average molecular weight is 806 g/mol. The molecule has 2 aliphatic carbocycles. The standard InChI is InChI=1S/C59H51NS/c1-57(2)30-31-58(3,4)54-37-52-50(36-53(54)57)47-29-27-46(35-51(47)59(52,5)6)60(44-18-12-16-41(32-44)40-24-22-39(23-25-40)38-14-8-7-9-15-38)45-19-13-17-42(33-45)43-26-28-49-48-20-10-11-21-55(48)61-56(49)34-43/h7-29,32-37H,30-31H2,1-6H3. The van der Waals surface area contributed by atoms with Crippen molar-refractivity contribution in [2.75, 3.05) is 4.90 Å². The number of nitrogens with zero attached hydrogens (tertiary/aromatic N) is 1. The molecule has 9 aromatic rings. The van der Waals surface area contributed by atoms with Gasteiger partial charge in [0, 0.05) is 42.6 Å². The van der Waals surface area contributed by atoms with Crippen molar-refractivity contribution >= 4 is 48.6 Å². The molecule has 298 valence electrons. The van der Waals surface area contributed by atoms with Crippen molar-refractivity contribution in [3.05, 3.63) is 198 Å². The molecule has 1 aromatic heterocycles. The van der Waals surface area contributed by atoms with Gasteiger partial charge in [0.05, 0.1) is 0 Å². The van der Waals surface area contributed by atoms with E-state index in [0.29, 0.717) is 0 Å². The lowest BCUT2D eigenvalue weighted by Gasteiger charge is -2.42. The first-order valence-electron chi connectivity index (χ1n) is 21.9. The fraction of sp³-hybridized carbons (Fsp3) is 0.186. The topological polar surface area (TPSA) is 3.24 Å². The first-order valence-corrected chi connectivity index (χ1v) is 22.7. The molecule has 0 N–H and O–H groups in total. The average Bonchev–Trinajstić information content (AvgIpc) is 3.76. The second-order valence-electron chi connectivity index (χ2n) is 19.3. The summed E-state index contributed by atoms with van der Waals surface area (Å²) in [4.78, 5) is 2.47. The molecule has 2 heteroatoms. The zero-order valence-electron chi connectivity index (χ0n) is 36.0. The largest absolute Gasteiger partial charge is 0.310 e. The Balaban J connectivity index is 1.05. The van der Waals surface area contributed by atoms with Gasteiger partial charge in [-0.3, -0.25) is 0 Å². The fourth-order valence-electron chi connectivity index (χ4n) is 10.4. The van der Waals surface area contributed by atoms with Crippen LogP contribution in [0, 0.1) is 0 Å². The van der Waals surface area contributed by atoms with Gasteiger partial charge in [0.15, 0.2) is 0 Å². The zero-order valence-corrected chi connectivity index (χ0v) is 36.8. The third-order valence-corrected chi connectivity index (χ3v) is 15.3. The molecule has 8 aromatic carbocycles. The van der Waals surface area contributed by atoms with Crippen molar-refractivity contribution in [3.8, 4) is 44.5 Å². The molecule has 0 radical (unpaired) electrons. The molecule has 0 fully saturated rings. The highest BCUT2D eigenvalue weighted by Gasteiger charge is 2.42. The zero-order chi connectivity index (χ0) is 41.7. The minimum absolute atomic E-state index is 0.150. The summed E-state index contributed by atoms with van der Waals surface area (Å²) in [6.45, 7) is 14.6. The molecule has 2 aliphatic rings. The van der Waals surface area contributed by atoms with Crippen LogP contribution in [0.1, 0.15) is 76.6 Å². The Hall–Kier alpha value is -6.22. The number of anilines is 3. The van der Waals surface area contributed by atoms with Crippen LogP contribution < -0.4 is 4.90 Å². The summed E-state index contributed by atoms with van der Waals surface area (Å²) < 4.78 is 2.65. The summed E-state index contributed by atoms with van der Waals surface area (Å²) in [5, 5.41) is 2.66. The predicted octanol–water partition coefficient (Wildman–Crippen LogP) is 17.2. The van der Waals surface area contributed by atoms with Crippen molar-refractivity contribution in [1.29, 1.82) is 0 Å². The Morgan fingerprint density at radius 1 is 0.361 bits per heavy atom. The van der Waals surface area contributed by atoms with Gasteiger partial charge in [-0.1, -0.05) is 163 Å². The lowest BCUT2D eigenvalue weighted by Crippen LogP contribution is -2.34. The van der Waals surface area contributed by atoms with E-state index in [4.69, 9.17) is 0 Å². The Morgan fingerprint density at radius 3 is 1.57 bits per heavy atom. The molecule has 11 rings (SSSR count). The van der Waals surface area contributed by atoms with Crippen LogP contribution in [0.15, 0.2) is 176 Å². The van der Waals surface area contributed by atoms with Crippen molar-refractivity contribution in [2.24, 2.45) is 0 Å². The third kappa shape index (κ3) is 6.26. The Bertz CT molecular complexity index is 3160. The second-order valence-corrected chi connectivity index (χ2v) is 20.3. The number of hydrogen-bond acceptors (Lipinski definition) is 2. The Morgan fingerprint density at radius 2 is 0.869 bits per heavy atom. The summed E-state index contributed by atoms with van der Waals surface area (Å²) in [6.07, 6.45) is 2.43. The highest BCUT2D eigenvalue weighted by molar-refractivity contribution is 7.25. The van der Waals surface area contributed by atoms with Gasteiger partial charge >= 0.3 is 0 Å². The minimum Gasteiger partial charge on any atom is -0.310 e. The molecular formula is C59H51NS. The number of thiophene rings is 1. The van der Waals surface area contributed by atoms with E-state index >= 15 is 0 Å². The normalized spacial score (nSPS) is 15.6. The maximum absolute atomic E-state index is 2.59. The predicted molar refractivity (Wildman–Crippen MR) is 263 cm³/mol. The fourth-order valence-corrected chi connectivity index (χ4v) is 11.6. The van der Waals surface area contributed by atoms with Gasteiger partial charge < -0.3 is 4.90 Å². The molecule has 0 aliphatic heterocycles. The van der Waals surface area contributed by atoms with E-state index in [-0.39, 0.29) is 16.2 Å². The van der Waals surface area contributed by atoms with Crippen molar-refractivity contribution in [2.45, 2.75) is 70.6 Å². The van der Waals surface area contributed by atoms with Gasteiger partial charge in [0.1, 0.15) is 0 Å².